The van der Waals surface area contributed by atoms with E-state index in [1.54, 1.807) is 0 Å². The van der Waals surface area contributed by atoms with Crippen LogP contribution in [0.1, 0.15) is 110 Å². The minimum absolute atomic E-state index is 0.370. The predicted octanol–water partition coefficient (Wildman–Crippen LogP) is 5.85. The molecule has 0 aliphatic carbocycles. The third kappa shape index (κ3) is 6.74. The molecule has 2 bridgehead atoms. The molecule has 3 aliphatic heterocycles. The van der Waals surface area contributed by atoms with Crippen LogP contribution in [0.2, 0.25) is 0 Å². The van der Waals surface area contributed by atoms with Crippen molar-refractivity contribution in [3.63, 3.8) is 0 Å². The third-order valence-electron chi connectivity index (χ3n) is 6.53. The Kier molecular flexibility index (Phi) is 8.97. The van der Waals surface area contributed by atoms with Gasteiger partial charge in [-0.3, -0.25) is 4.90 Å². The van der Waals surface area contributed by atoms with Gasteiger partial charge in [-0.05, 0) is 31.1 Å². The molecule has 2 heteroatoms. The first-order valence-electron chi connectivity index (χ1n) is 10.8. The molecule has 3 heterocycles. The van der Waals surface area contributed by atoms with Crippen molar-refractivity contribution in [2.24, 2.45) is 11.1 Å². The Morgan fingerprint density at radius 3 is 1.74 bits per heavy atom. The number of hydrogen-bond donors (Lipinski definition) is 1. The maximum Gasteiger partial charge on any atom is 0.0577 e. The second kappa shape index (κ2) is 10.7. The van der Waals surface area contributed by atoms with Crippen LogP contribution in [0, 0.1) is 5.41 Å². The summed E-state index contributed by atoms with van der Waals surface area (Å²) >= 11 is 0. The van der Waals surface area contributed by atoms with Gasteiger partial charge >= 0.3 is 0 Å². The fourth-order valence-corrected chi connectivity index (χ4v) is 4.80. The third-order valence-corrected chi connectivity index (χ3v) is 6.53. The first-order chi connectivity index (χ1) is 11.3. The highest BCUT2D eigenvalue weighted by molar-refractivity contribution is 4.95. The molecule has 3 aliphatic rings. The molecule has 1 atom stereocenters. The predicted molar refractivity (Wildman–Crippen MR) is 102 cm³/mol. The average molecular weight is 323 g/mol. The van der Waals surface area contributed by atoms with Gasteiger partial charge in [0.1, 0.15) is 0 Å². The van der Waals surface area contributed by atoms with E-state index >= 15 is 0 Å². The lowest BCUT2D eigenvalue weighted by molar-refractivity contribution is -0.0245. The Hall–Kier alpha value is -0.0800. The summed E-state index contributed by atoms with van der Waals surface area (Å²) in [4.78, 5) is 2.49. The van der Waals surface area contributed by atoms with Crippen molar-refractivity contribution in [1.29, 1.82) is 0 Å². The van der Waals surface area contributed by atoms with E-state index in [2.05, 4.69) is 11.8 Å². The molecule has 3 saturated heterocycles. The summed E-state index contributed by atoms with van der Waals surface area (Å²) in [6.07, 6.45) is 23.4. The standard InChI is InChI=1S/C21H42N2/c1-2-3-4-5-6-7-8-9-10-11-12-13-14-21-15-17-23(18-16-21)20(22)19-21/h20H,2-19,22H2,1H3. The Morgan fingerprint density at radius 2 is 1.26 bits per heavy atom. The Balaban J connectivity index is 1.38. The minimum Gasteiger partial charge on any atom is -0.316 e. The van der Waals surface area contributed by atoms with Crippen LogP contribution >= 0.6 is 0 Å². The molecule has 3 rings (SSSR count). The van der Waals surface area contributed by atoms with Gasteiger partial charge < -0.3 is 5.73 Å². The van der Waals surface area contributed by atoms with Gasteiger partial charge in [0, 0.05) is 13.1 Å². The van der Waals surface area contributed by atoms with E-state index in [-0.39, 0.29) is 0 Å². The van der Waals surface area contributed by atoms with Crippen molar-refractivity contribution in [1.82, 2.24) is 4.90 Å². The first kappa shape index (κ1) is 19.2. The van der Waals surface area contributed by atoms with Crippen molar-refractivity contribution >= 4 is 0 Å². The van der Waals surface area contributed by atoms with E-state index in [0.29, 0.717) is 11.6 Å². The molecule has 1 unspecified atom stereocenters. The topological polar surface area (TPSA) is 29.3 Å². The summed E-state index contributed by atoms with van der Waals surface area (Å²) in [6.45, 7) is 4.82. The number of hydrogen-bond acceptors (Lipinski definition) is 2. The lowest BCUT2D eigenvalue weighted by Crippen LogP contribution is -2.57. The van der Waals surface area contributed by atoms with Gasteiger partial charge in [0.25, 0.3) is 0 Å². The molecule has 0 amide bonds. The molecule has 0 saturated carbocycles. The van der Waals surface area contributed by atoms with E-state index < -0.39 is 0 Å². The molecular weight excluding hydrogens is 280 g/mol. The summed E-state index contributed by atoms with van der Waals surface area (Å²) in [6, 6.07) is 0. The molecule has 23 heavy (non-hydrogen) atoms. The van der Waals surface area contributed by atoms with Gasteiger partial charge in [0.15, 0.2) is 0 Å². The van der Waals surface area contributed by atoms with E-state index in [4.69, 9.17) is 5.73 Å². The van der Waals surface area contributed by atoms with Crippen molar-refractivity contribution in [3.05, 3.63) is 0 Å². The van der Waals surface area contributed by atoms with E-state index in [1.165, 1.54) is 116 Å². The van der Waals surface area contributed by atoms with Crippen LogP contribution < -0.4 is 5.73 Å². The number of fused-ring (bicyclic) bond motifs is 3. The first-order valence-corrected chi connectivity index (χ1v) is 10.8. The quantitative estimate of drug-likeness (QED) is 0.431. The van der Waals surface area contributed by atoms with E-state index in [0.717, 1.165) is 0 Å². The van der Waals surface area contributed by atoms with Crippen LogP contribution in [0.3, 0.4) is 0 Å². The zero-order chi connectivity index (χ0) is 16.4. The average Bonchev–Trinajstić information content (AvgIpc) is 2.56. The fourth-order valence-electron chi connectivity index (χ4n) is 4.80. The smallest absolute Gasteiger partial charge is 0.0577 e. The molecule has 0 aromatic carbocycles. The van der Waals surface area contributed by atoms with Crippen LogP contribution in [0.15, 0.2) is 0 Å². The monoisotopic (exact) mass is 322 g/mol. The zero-order valence-corrected chi connectivity index (χ0v) is 15.8. The van der Waals surface area contributed by atoms with Crippen LogP contribution in [-0.2, 0) is 0 Å². The number of unbranched alkanes of at least 4 members (excludes halogenated alkanes) is 11. The molecule has 0 spiro atoms. The van der Waals surface area contributed by atoms with Crippen molar-refractivity contribution in [2.75, 3.05) is 13.1 Å². The molecule has 2 N–H and O–H groups in total. The Morgan fingerprint density at radius 1 is 0.783 bits per heavy atom. The molecule has 0 aromatic rings. The highest BCUT2D eigenvalue weighted by Crippen LogP contribution is 2.45. The summed E-state index contributed by atoms with van der Waals surface area (Å²) < 4.78 is 0. The van der Waals surface area contributed by atoms with Gasteiger partial charge in [0.2, 0.25) is 0 Å². The number of piperidine rings is 3. The minimum atomic E-state index is 0.370. The van der Waals surface area contributed by atoms with Gasteiger partial charge in [0.05, 0.1) is 6.17 Å². The number of nitrogens with zero attached hydrogens (tertiary/aromatic N) is 1. The number of nitrogens with two attached hydrogens (primary N) is 1. The van der Waals surface area contributed by atoms with Gasteiger partial charge in [-0.2, -0.15) is 0 Å². The Labute approximate surface area is 145 Å². The molecule has 136 valence electrons. The highest BCUT2D eigenvalue weighted by Gasteiger charge is 2.42. The van der Waals surface area contributed by atoms with Crippen LogP contribution in [0.25, 0.3) is 0 Å². The maximum atomic E-state index is 6.27. The van der Waals surface area contributed by atoms with E-state index in [1.807, 2.05) is 0 Å². The highest BCUT2D eigenvalue weighted by atomic mass is 15.2. The zero-order valence-electron chi connectivity index (χ0n) is 15.8. The Bertz CT molecular complexity index is 294. The summed E-state index contributed by atoms with van der Waals surface area (Å²) in [5, 5.41) is 0. The largest absolute Gasteiger partial charge is 0.316 e. The van der Waals surface area contributed by atoms with Crippen LogP contribution in [0.5, 0.6) is 0 Å². The van der Waals surface area contributed by atoms with Crippen molar-refractivity contribution in [3.8, 4) is 0 Å². The lowest BCUT2D eigenvalue weighted by Gasteiger charge is -2.52. The number of rotatable bonds is 13. The summed E-state index contributed by atoms with van der Waals surface area (Å²) in [5.41, 5.74) is 6.90. The van der Waals surface area contributed by atoms with Gasteiger partial charge in [-0.15, -0.1) is 0 Å². The molecule has 0 aromatic heterocycles. The van der Waals surface area contributed by atoms with Crippen LogP contribution in [0.4, 0.5) is 0 Å². The maximum absolute atomic E-state index is 6.27. The van der Waals surface area contributed by atoms with Crippen LogP contribution in [-0.4, -0.2) is 24.2 Å². The van der Waals surface area contributed by atoms with Crippen molar-refractivity contribution < 1.29 is 0 Å². The molecule has 3 fully saturated rings. The lowest BCUT2D eigenvalue weighted by atomic mass is 9.68. The SMILES string of the molecule is CCCCCCCCCCCCCCC12CCN(CC1)C(N)C2. The fraction of sp³-hybridized carbons (Fsp3) is 1.00. The van der Waals surface area contributed by atoms with Gasteiger partial charge in [-0.25, -0.2) is 0 Å². The molecule has 0 radical (unpaired) electrons. The second-order valence-electron chi connectivity index (χ2n) is 8.45. The molecular formula is C21H42N2. The summed E-state index contributed by atoms with van der Waals surface area (Å²) in [5.74, 6) is 0. The molecule has 2 nitrogen and oxygen atoms in total. The second-order valence-corrected chi connectivity index (χ2v) is 8.45. The normalized spacial score (nSPS) is 30.0. The van der Waals surface area contributed by atoms with Crippen molar-refractivity contribution in [2.45, 2.75) is 116 Å². The van der Waals surface area contributed by atoms with Gasteiger partial charge in [-0.1, -0.05) is 84.0 Å². The summed E-state index contributed by atoms with van der Waals surface area (Å²) in [7, 11) is 0. The van der Waals surface area contributed by atoms with E-state index in [9.17, 15) is 0 Å².